The summed E-state index contributed by atoms with van der Waals surface area (Å²) in [5, 5.41) is 6.78. The predicted molar refractivity (Wildman–Crippen MR) is 124 cm³/mol. The molecule has 1 aliphatic rings. The summed E-state index contributed by atoms with van der Waals surface area (Å²) in [6, 6.07) is 16.9. The fourth-order valence-electron chi connectivity index (χ4n) is 4.12. The van der Waals surface area contributed by atoms with Gasteiger partial charge in [0.05, 0.1) is 13.7 Å². The van der Waals surface area contributed by atoms with Crippen LogP contribution in [0.1, 0.15) is 63.4 Å². The second-order valence-electron chi connectivity index (χ2n) is 8.45. The predicted octanol–water partition coefficient (Wildman–Crippen LogP) is 4.51. The summed E-state index contributed by atoms with van der Waals surface area (Å²) in [5.41, 5.74) is 2.92. The SMILES string of the molecule is COc1ccc(CNC(=O)c2cc(CN(C(=O)c3ccc(C)cc3)C3CCCC3)on2)cc1. The molecule has 2 amide bonds. The fraction of sp³-hybridized carbons (Fsp3) is 0.346. The van der Waals surface area contributed by atoms with E-state index >= 15 is 0 Å². The van der Waals surface area contributed by atoms with E-state index in [1.165, 1.54) is 0 Å². The number of rotatable bonds is 8. The Labute approximate surface area is 193 Å². The van der Waals surface area contributed by atoms with Crippen molar-refractivity contribution in [2.45, 2.75) is 51.7 Å². The standard InChI is InChI=1S/C26H29N3O4/c1-18-7-11-20(12-8-18)26(31)29(21-5-3-4-6-21)17-23-15-24(28-33-23)25(30)27-16-19-9-13-22(32-2)14-10-19/h7-15,21H,3-6,16-17H2,1-2H3,(H,27,30). The number of aromatic nitrogens is 1. The van der Waals surface area contributed by atoms with E-state index in [0.717, 1.165) is 42.6 Å². The molecule has 3 aromatic rings. The number of carbonyl (C=O) groups is 2. The summed E-state index contributed by atoms with van der Waals surface area (Å²) in [4.78, 5) is 27.7. The zero-order valence-corrected chi connectivity index (χ0v) is 19.0. The zero-order chi connectivity index (χ0) is 23.2. The molecule has 0 atom stereocenters. The Balaban J connectivity index is 1.42. The quantitative estimate of drug-likeness (QED) is 0.549. The van der Waals surface area contributed by atoms with E-state index in [-0.39, 0.29) is 30.1 Å². The third-order valence-electron chi connectivity index (χ3n) is 6.05. The average Bonchev–Trinajstić information content (AvgIpc) is 3.54. The number of hydrogen-bond donors (Lipinski definition) is 1. The summed E-state index contributed by atoms with van der Waals surface area (Å²) in [6.07, 6.45) is 4.16. The summed E-state index contributed by atoms with van der Waals surface area (Å²) in [5.74, 6) is 0.914. The zero-order valence-electron chi connectivity index (χ0n) is 19.0. The monoisotopic (exact) mass is 447 g/mol. The largest absolute Gasteiger partial charge is 0.497 e. The molecule has 7 heteroatoms. The number of benzene rings is 2. The minimum atomic E-state index is -0.321. The number of hydrogen-bond acceptors (Lipinski definition) is 5. The minimum absolute atomic E-state index is 0.0243. The highest BCUT2D eigenvalue weighted by Crippen LogP contribution is 2.27. The molecule has 172 valence electrons. The molecule has 1 fully saturated rings. The number of nitrogens with zero attached hydrogens (tertiary/aromatic N) is 2. The van der Waals surface area contributed by atoms with Crippen molar-refractivity contribution < 1.29 is 18.8 Å². The Bertz CT molecular complexity index is 1080. The molecule has 1 aromatic heterocycles. The van der Waals surface area contributed by atoms with Crippen LogP contribution in [0, 0.1) is 6.92 Å². The van der Waals surface area contributed by atoms with Crippen LogP contribution in [-0.2, 0) is 13.1 Å². The van der Waals surface area contributed by atoms with Crippen molar-refractivity contribution >= 4 is 11.8 Å². The van der Waals surface area contributed by atoms with Crippen LogP contribution in [0.4, 0.5) is 0 Å². The lowest BCUT2D eigenvalue weighted by Gasteiger charge is -2.28. The van der Waals surface area contributed by atoms with Gasteiger partial charge < -0.3 is 19.5 Å². The highest BCUT2D eigenvalue weighted by atomic mass is 16.5. The van der Waals surface area contributed by atoms with Crippen LogP contribution in [0.3, 0.4) is 0 Å². The highest BCUT2D eigenvalue weighted by Gasteiger charge is 2.29. The van der Waals surface area contributed by atoms with Gasteiger partial charge in [-0.25, -0.2) is 0 Å². The lowest BCUT2D eigenvalue weighted by atomic mass is 10.1. The molecule has 1 aliphatic carbocycles. The van der Waals surface area contributed by atoms with Gasteiger partial charge in [-0.3, -0.25) is 9.59 Å². The van der Waals surface area contributed by atoms with Crippen molar-refractivity contribution in [1.82, 2.24) is 15.4 Å². The van der Waals surface area contributed by atoms with Gasteiger partial charge in [0.1, 0.15) is 5.75 Å². The van der Waals surface area contributed by atoms with Crippen LogP contribution in [-0.4, -0.2) is 35.0 Å². The first kappa shape index (κ1) is 22.6. The van der Waals surface area contributed by atoms with Crippen LogP contribution in [0.25, 0.3) is 0 Å². The van der Waals surface area contributed by atoms with Gasteiger partial charge in [0.2, 0.25) is 0 Å². The van der Waals surface area contributed by atoms with Crippen molar-refractivity contribution in [3.05, 3.63) is 82.7 Å². The smallest absolute Gasteiger partial charge is 0.273 e. The molecular weight excluding hydrogens is 418 g/mol. The van der Waals surface area contributed by atoms with Crippen LogP contribution in [0.2, 0.25) is 0 Å². The van der Waals surface area contributed by atoms with Gasteiger partial charge in [-0.1, -0.05) is 47.8 Å². The topological polar surface area (TPSA) is 84.7 Å². The maximum absolute atomic E-state index is 13.3. The molecule has 1 saturated carbocycles. The lowest BCUT2D eigenvalue weighted by Crippen LogP contribution is -2.38. The molecule has 0 bridgehead atoms. The molecule has 7 nitrogen and oxygen atoms in total. The Morgan fingerprint density at radius 1 is 1.09 bits per heavy atom. The van der Waals surface area contributed by atoms with Crippen molar-refractivity contribution in [3.63, 3.8) is 0 Å². The van der Waals surface area contributed by atoms with Crippen LogP contribution in [0.15, 0.2) is 59.1 Å². The van der Waals surface area contributed by atoms with Crippen LogP contribution >= 0.6 is 0 Å². The summed E-state index contributed by atoms with van der Waals surface area (Å²) >= 11 is 0. The van der Waals surface area contributed by atoms with E-state index in [0.29, 0.717) is 17.9 Å². The number of amides is 2. The van der Waals surface area contributed by atoms with E-state index in [1.54, 1.807) is 13.2 Å². The second kappa shape index (κ2) is 10.3. The van der Waals surface area contributed by atoms with Gasteiger partial charge in [0.25, 0.3) is 11.8 Å². The average molecular weight is 448 g/mol. The van der Waals surface area contributed by atoms with Gasteiger partial charge in [0, 0.05) is 24.2 Å². The molecule has 2 aromatic carbocycles. The Hall–Kier alpha value is -3.61. The van der Waals surface area contributed by atoms with Crippen molar-refractivity contribution in [3.8, 4) is 5.75 Å². The Kier molecular flexibility index (Phi) is 7.07. The van der Waals surface area contributed by atoms with Crippen molar-refractivity contribution in [1.29, 1.82) is 0 Å². The highest BCUT2D eigenvalue weighted by molar-refractivity contribution is 5.94. The summed E-state index contributed by atoms with van der Waals surface area (Å²) < 4.78 is 10.6. The normalized spacial score (nSPS) is 13.6. The molecule has 0 saturated heterocycles. The molecule has 0 spiro atoms. The molecule has 0 aliphatic heterocycles. The van der Waals surface area contributed by atoms with E-state index in [2.05, 4.69) is 10.5 Å². The van der Waals surface area contributed by atoms with Crippen LogP contribution in [0.5, 0.6) is 5.75 Å². The molecule has 1 heterocycles. The summed E-state index contributed by atoms with van der Waals surface area (Å²) in [6.45, 7) is 2.65. The molecule has 0 radical (unpaired) electrons. The van der Waals surface area contributed by atoms with Crippen LogP contribution < -0.4 is 10.1 Å². The first-order valence-corrected chi connectivity index (χ1v) is 11.3. The summed E-state index contributed by atoms with van der Waals surface area (Å²) in [7, 11) is 1.61. The van der Waals surface area contributed by atoms with Crippen molar-refractivity contribution in [2.24, 2.45) is 0 Å². The molecule has 1 N–H and O–H groups in total. The maximum atomic E-state index is 13.3. The minimum Gasteiger partial charge on any atom is -0.497 e. The van der Waals surface area contributed by atoms with Gasteiger partial charge in [-0.2, -0.15) is 0 Å². The maximum Gasteiger partial charge on any atom is 0.273 e. The molecule has 4 rings (SSSR count). The molecule has 0 unspecified atom stereocenters. The Morgan fingerprint density at radius 2 is 1.79 bits per heavy atom. The van der Waals surface area contributed by atoms with E-state index in [9.17, 15) is 9.59 Å². The number of methoxy groups -OCH3 is 1. The lowest BCUT2D eigenvalue weighted by molar-refractivity contribution is 0.0643. The molecule has 33 heavy (non-hydrogen) atoms. The van der Waals surface area contributed by atoms with E-state index in [1.807, 2.05) is 60.4 Å². The fourth-order valence-corrected chi connectivity index (χ4v) is 4.12. The second-order valence-corrected chi connectivity index (χ2v) is 8.45. The van der Waals surface area contributed by atoms with E-state index < -0.39 is 0 Å². The first-order chi connectivity index (χ1) is 16.0. The number of carbonyl (C=O) groups excluding carboxylic acids is 2. The Morgan fingerprint density at radius 3 is 2.45 bits per heavy atom. The van der Waals surface area contributed by atoms with Gasteiger partial charge >= 0.3 is 0 Å². The number of aryl methyl sites for hydroxylation is 1. The third-order valence-corrected chi connectivity index (χ3v) is 6.05. The van der Waals surface area contributed by atoms with Gasteiger partial charge in [-0.05, 0) is 49.6 Å². The first-order valence-electron chi connectivity index (χ1n) is 11.3. The van der Waals surface area contributed by atoms with E-state index in [4.69, 9.17) is 9.26 Å². The number of ether oxygens (including phenoxy) is 1. The van der Waals surface area contributed by atoms with Gasteiger partial charge in [-0.15, -0.1) is 0 Å². The molecular formula is C26H29N3O4. The number of nitrogens with one attached hydrogen (secondary N) is 1. The van der Waals surface area contributed by atoms with Crippen molar-refractivity contribution in [2.75, 3.05) is 7.11 Å². The third kappa shape index (κ3) is 5.61. The van der Waals surface area contributed by atoms with Gasteiger partial charge in [0.15, 0.2) is 11.5 Å².